The van der Waals surface area contributed by atoms with E-state index in [2.05, 4.69) is 9.88 Å². The van der Waals surface area contributed by atoms with Crippen LogP contribution in [0.1, 0.15) is 12.1 Å². The highest BCUT2D eigenvalue weighted by molar-refractivity contribution is 5.93. The number of nitrogens with one attached hydrogen (secondary N) is 1. The predicted molar refractivity (Wildman–Crippen MR) is 89.9 cm³/mol. The number of amides is 3. The molecule has 3 amide bonds. The maximum atomic E-state index is 11.5. The number of oxazole rings is 1. The van der Waals surface area contributed by atoms with E-state index in [1.807, 2.05) is 16.3 Å². The Hall–Kier alpha value is -3.32. The van der Waals surface area contributed by atoms with Crippen LogP contribution < -0.4 is 16.0 Å². The lowest BCUT2D eigenvalue weighted by Gasteiger charge is -2.34. The van der Waals surface area contributed by atoms with Gasteiger partial charge in [0.2, 0.25) is 17.5 Å². The highest BCUT2D eigenvalue weighted by Gasteiger charge is 2.25. The Bertz CT molecular complexity index is 814. The Morgan fingerprint density at radius 1 is 1.35 bits per heavy atom. The number of imide groups is 1. The summed E-state index contributed by atoms with van der Waals surface area (Å²) in [6.45, 7) is 3.14. The molecule has 0 radical (unpaired) electrons. The number of nitriles is 1. The van der Waals surface area contributed by atoms with E-state index < -0.39 is 11.9 Å². The van der Waals surface area contributed by atoms with Crippen LogP contribution in [0.15, 0.2) is 27.2 Å². The molecule has 26 heavy (non-hydrogen) atoms. The fourth-order valence-corrected chi connectivity index (χ4v) is 2.74. The van der Waals surface area contributed by atoms with E-state index in [0.29, 0.717) is 44.4 Å². The Labute approximate surface area is 149 Å². The molecular weight excluding hydrogens is 340 g/mol. The minimum absolute atomic E-state index is 0.192. The van der Waals surface area contributed by atoms with Gasteiger partial charge in [-0.1, -0.05) is 0 Å². The number of rotatable bonds is 5. The number of carbonyl (C=O) groups is 2. The molecule has 2 aromatic rings. The molecule has 0 unspecified atom stereocenters. The molecule has 0 bridgehead atoms. The average Bonchev–Trinajstić information content (AvgIpc) is 3.29. The van der Waals surface area contributed by atoms with Crippen LogP contribution in [0, 0.1) is 11.3 Å². The Morgan fingerprint density at radius 2 is 2.12 bits per heavy atom. The number of nitrogens with zero attached hydrogens (tertiary/aromatic N) is 4. The van der Waals surface area contributed by atoms with Crippen molar-refractivity contribution < 1.29 is 18.4 Å². The van der Waals surface area contributed by atoms with Gasteiger partial charge in [-0.15, -0.1) is 0 Å². The molecule has 3 N–H and O–H groups in total. The summed E-state index contributed by atoms with van der Waals surface area (Å²) < 4.78 is 11.0. The molecule has 10 nitrogen and oxygen atoms in total. The smallest absolute Gasteiger partial charge is 0.318 e. The summed E-state index contributed by atoms with van der Waals surface area (Å²) in [4.78, 5) is 30.3. The number of hydrogen-bond acceptors (Lipinski definition) is 8. The molecule has 0 saturated carbocycles. The van der Waals surface area contributed by atoms with Gasteiger partial charge in [0, 0.05) is 39.1 Å². The molecule has 0 aromatic carbocycles. The van der Waals surface area contributed by atoms with Gasteiger partial charge in [-0.2, -0.15) is 10.2 Å². The van der Waals surface area contributed by atoms with E-state index in [0.717, 1.165) is 0 Å². The number of hydrogen-bond donors (Lipinski definition) is 2. The van der Waals surface area contributed by atoms with Crippen molar-refractivity contribution in [1.29, 1.82) is 5.26 Å². The highest BCUT2D eigenvalue weighted by atomic mass is 16.4. The minimum atomic E-state index is -0.846. The quantitative estimate of drug-likeness (QED) is 0.787. The molecule has 0 aliphatic carbocycles. The predicted octanol–water partition coefficient (Wildman–Crippen LogP) is 0.513. The van der Waals surface area contributed by atoms with Crippen molar-refractivity contribution in [2.75, 3.05) is 37.6 Å². The minimum Gasteiger partial charge on any atom is -0.459 e. The van der Waals surface area contributed by atoms with Crippen molar-refractivity contribution in [2.45, 2.75) is 6.42 Å². The third kappa shape index (κ3) is 4.01. The van der Waals surface area contributed by atoms with E-state index >= 15 is 0 Å². The van der Waals surface area contributed by atoms with Crippen molar-refractivity contribution in [1.82, 2.24) is 15.2 Å². The summed E-state index contributed by atoms with van der Waals surface area (Å²) in [6, 6.07) is 4.64. The number of carbonyl (C=O) groups excluding carboxylic acids is 2. The number of piperazine rings is 1. The van der Waals surface area contributed by atoms with E-state index in [-0.39, 0.29) is 18.0 Å². The Balaban J connectivity index is 1.57. The van der Waals surface area contributed by atoms with Crippen LogP contribution in [0.4, 0.5) is 10.7 Å². The first-order valence-corrected chi connectivity index (χ1v) is 8.08. The van der Waals surface area contributed by atoms with Crippen LogP contribution in [0.5, 0.6) is 0 Å². The van der Waals surface area contributed by atoms with Gasteiger partial charge in [0.05, 0.1) is 6.26 Å². The lowest BCUT2D eigenvalue weighted by Crippen LogP contribution is -2.47. The van der Waals surface area contributed by atoms with Gasteiger partial charge in [0.1, 0.15) is 6.07 Å². The van der Waals surface area contributed by atoms with Gasteiger partial charge in [-0.3, -0.25) is 15.0 Å². The van der Waals surface area contributed by atoms with Crippen LogP contribution in [0.25, 0.3) is 11.7 Å². The van der Waals surface area contributed by atoms with Crippen molar-refractivity contribution in [3.05, 3.63) is 24.1 Å². The SMILES string of the molecule is N#Cc1nc(-c2ccco2)oc1N1CCN(CCC(=O)NC(N)=O)CC1. The molecule has 1 fully saturated rings. The van der Waals surface area contributed by atoms with Gasteiger partial charge in [0.25, 0.3) is 5.89 Å². The highest BCUT2D eigenvalue weighted by Crippen LogP contribution is 2.28. The molecule has 0 atom stereocenters. The first-order chi connectivity index (χ1) is 12.6. The number of aromatic nitrogens is 1. The van der Waals surface area contributed by atoms with Crippen LogP contribution in [0.2, 0.25) is 0 Å². The summed E-state index contributed by atoms with van der Waals surface area (Å²) >= 11 is 0. The largest absolute Gasteiger partial charge is 0.459 e. The molecular formula is C16H18N6O4. The molecule has 1 aliphatic rings. The number of anilines is 1. The maximum Gasteiger partial charge on any atom is 0.318 e. The molecule has 136 valence electrons. The summed E-state index contributed by atoms with van der Waals surface area (Å²) in [5, 5.41) is 11.3. The number of urea groups is 1. The van der Waals surface area contributed by atoms with Crippen molar-refractivity contribution in [3.63, 3.8) is 0 Å². The fraction of sp³-hybridized carbons (Fsp3) is 0.375. The second-order valence-corrected chi connectivity index (χ2v) is 5.75. The molecule has 1 saturated heterocycles. The molecule has 1 aliphatic heterocycles. The first kappa shape index (κ1) is 17.5. The average molecular weight is 358 g/mol. The zero-order valence-corrected chi connectivity index (χ0v) is 14.0. The van der Waals surface area contributed by atoms with Crippen LogP contribution in [-0.4, -0.2) is 54.5 Å². The third-order valence-corrected chi connectivity index (χ3v) is 4.02. The number of primary amides is 1. The summed E-state index contributed by atoms with van der Waals surface area (Å²) in [5.74, 6) is 0.758. The van der Waals surface area contributed by atoms with Gasteiger partial charge in [-0.05, 0) is 12.1 Å². The molecule has 10 heteroatoms. The monoisotopic (exact) mass is 358 g/mol. The lowest BCUT2D eigenvalue weighted by molar-refractivity contribution is -0.120. The zero-order valence-electron chi connectivity index (χ0n) is 14.0. The van der Waals surface area contributed by atoms with E-state index in [4.69, 9.17) is 14.6 Å². The zero-order chi connectivity index (χ0) is 18.5. The third-order valence-electron chi connectivity index (χ3n) is 4.02. The first-order valence-electron chi connectivity index (χ1n) is 8.08. The van der Waals surface area contributed by atoms with Gasteiger partial charge >= 0.3 is 6.03 Å². The van der Waals surface area contributed by atoms with Gasteiger partial charge in [0.15, 0.2) is 5.76 Å². The van der Waals surface area contributed by atoms with Crippen molar-refractivity contribution >= 4 is 17.8 Å². The Morgan fingerprint density at radius 3 is 2.73 bits per heavy atom. The van der Waals surface area contributed by atoms with Crippen LogP contribution >= 0.6 is 0 Å². The molecule has 3 rings (SSSR count). The van der Waals surface area contributed by atoms with E-state index in [1.54, 1.807) is 12.1 Å². The maximum absolute atomic E-state index is 11.5. The molecule has 3 heterocycles. The number of furan rings is 1. The summed E-state index contributed by atoms with van der Waals surface area (Å²) in [5.41, 5.74) is 5.12. The molecule has 2 aromatic heterocycles. The number of nitrogens with two attached hydrogens (primary N) is 1. The van der Waals surface area contributed by atoms with Crippen molar-refractivity contribution in [3.8, 4) is 17.7 Å². The van der Waals surface area contributed by atoms with E-state index in [1.165, 1.54) is 6.26 Å². The summed E-state index contributed by atoms with van der Waals surface area (Å²) in [6.07, 6.45) is 1.70. The second kappa shape index (κ2) is 7.71. The van der Waals surface area contributed by atoms with Crippen molar-refractivity contribution in [2.24, 2.45) is 5.73 Å². The van der Waals surface area contributed by atoms with Crippen LogP contribution in [-0.2, 0) is 4.79 Å². The second-order valence-electron chi connectivity index (χ2n) is 5.75. The molecule has 0 spiro atoms. The summed E-state index contributed by atoms with van der Waals surface area (Å²) in [7, 11) is 0. The fourth-order valence-electron chi connectivity index (χ4n) is 2.74. The van der Waals surface area contributed by atoms with E-state index in [9.17, 15) is 14.9 Å². The topological polar surface area (TPSA) is 142 Å². The standard InChI is InChI=1S/C16H18N6O4/c17-10-11-15(26-14(19-11)12-2-1-9-25-12)22-7-5-21(6-8-22)4-3-13(23)20-16(18)24/h1-2,9H,3-8H2,(H3,18,20,23,24). The van der Waals surface area contributed by atoms with Gasteiger partial charge < -0.3 is 19.5 Å². The van der Waals surface area contributed by atoms with Crippen LogP contribution in [0.3, 0.4) is 0 Å². The van der Waals surface area contributed by atoms with Gasteiger partial charge in [-0.25, -0.2) is 4.79 Å². The Kier molecular flexibility index (Phi) is 5.19. The normalized spacial score (nSPS) is 14.8. The lowest BCUT2D eigenvalue weighted by atomic mass is 10.2.